The number of alkyl halides is 3. The summed E-state index contributed by atoms with van der Waals surface area (Å²) in [5.74, 6) is -0.718. The lowest BCUT2D eigenvalue weighted by Gasteiger charge is -2.41. The second-order valence-corrected chi connectivity index (χ2v) is 14.8. The van der Waals surface area contributed by atoms with E-state index < -0.39 is 16.0 Å². The molecule has 3 fully saturated rings. The molecule has 39 heavy (non-hydrogen) atoms. The summed E-state index contributed by atoms with van der Waals surface area (Å²) in [5, 5.41) is 12.1. The molecule has 0 radical (unpaired) electrons. The smallest absolute Gasteiger partial charge is 0.276 e. The van der Waals surface area contributed by atoms with Crippen molar-refractivity contribution in [2.75, 3.05) is 18.4 Å². The molecule has 2 aromatic carbocycles. The third kappa shape index (κ3) is 6.92. The Morgan fingerprint density at radius 2 is 1.69 bits per heavy atom. The number of amides is 1. The minimum atomic E-state index is -2.04. The van der Waals surface area contributed by atoms with Crippen molar-refractivity contribution in [3.05, 3.63) is 65.2 Å². The zero-order chi connectivity index (χ0) is 28.0. The fourth-order valence-electron chi connectivity index (χ4n) is 7.01. The Bertz CT molecular complexity index is 1170. The maximum atomic E-state index is 12.0. The van der Waals surface area contributed by atoms with E-state index in [1.165, 1.54) is 19.3 Å². The first-order valence-electron chi connectivity index (χ1n) is 13.6. The quantitative estimate of drug-likeness (QED) is 0.354. The molecule has 0 spiro atoms. The van der Waals surface area contributed by atoms with E-state index in [1.54, 1.807) is 12.1 Å². The molecule has 2 aromatic rings. The minimum absolute atomic E-state index is 0.00674. The number of anilines is 1. The molecule has 0 aromatic heterocycles. The van der Waals surface area contributed by atoms with Crippen LogP contribution < -0.4 is 5.32 Å². The second-order valence-electron chi connectivity index (χ2n) is 12.6. The molecule has 1 aliphatic carbocycles. The van der Waals surface area contributed by atoms with E-state index in [2.05, 4.69) is 31.0 Å². The van der Waals surface area contributed by atoms with E-state index in [-0.39, 0.29) is 18.8 Å². The van der Waals surface area contributed by atoms with Crippen molar-refractivity contribution in [2.24, 2.45) is 10.8 Å². The van der Waals surface area contributed by atoms with Crippen molar-refractivity contribution in [2.45, 2.75) is 81.4 Å². The summed E-state index contributed by atoms with van der Waals surface area (Å²) in [6, 6.07) is 15.7. The number of hydrogen-bond acceptors (Lipinski definition) is 5. The zero-order valence-electron chi connectivity index (χ0n) is 22.6. The monoisotopic (exact) mass is 594 g/mol. The molecule has 1 amide bonds. The first kappa shape index (κ1) is 29.1. The fourth-order valence-corrected chi connectivity index (χ4v) is 7.15. The third-order valence-electron chi connectivity index (χ3n) is 8.27. The van der Waals surface area contributed by atoms with E-state index in [4.69, 9.17) is 44.3 Å². The van der Waals surface area contributed by atoms with Crippen LogP contribution in [0.25, 0.3) is 0 Å². The molecule has 2 unspecified atom stereocenters. The molecule has 1 saturated carbocycles. The number of aliphatic hydroxyl groups excluding tert-OH is 1. The number of hydrogen-bond donors (Lipinski definition) is 2. The lowest BCUT2D eigenvalue weighted by Crippen LogP contribution is -2.42. The van der Waals surface area contributed by atoms with Crippen LogP contribution in [0.5, 0.6) is 0 Å². The Labute approximate surface area is 245 Å². The standard InChI is InChI=1S/C30H37Cl3N2O4/c1-28(2)13-23-14-29(3,17-28)18-35(23)15-24-12-25(20-6-4-19(16-36)5-7-20)39-26(38-24)21-8-10-22(11-9-21)34-27(37)30(31,32)33/h4-11,23-26,36H,12-18H2,1-3H3,(H,34,37)/t23?,24-,25+,26+,29?/m1/s1. The summed E-state index contributed by atoms with van der Waals surface area (Å²) in [7, 11) is 0. The highest BCUT2D eigenvalue weighted by Gasteiger charge is 2.50. The molecule has 6 nitrogen and oxygen atoms in total. The van der Waals surface area contributed by atoms with Gasteiger partial charge in [0.1, 0.15) is 0 Å². The number of likely N-dealkylation sites (tertiary alicyclic amines) is 1. The second kappa shape index (κ2) is 11.1. The number of nitrogens with zero attached hydrogens (tertiary/aromatic N) is 1. The highest BCUT2D eigenvalue weighted by molar-refractivity contribution is 6.76. The Hall–Kier alpha value is -1.38. The van der Waals surface area contributed by atoms with Crippen LogP contribution in [0.2, 0.25) is 0 Å². The van der Waals surface area contributed by atoms with Crippen molar-refractivity contribution in [1.29, 1.82) is 0 Å². The van der Waals surface area contributed by atoms with E-state index >= 15 is 0 Å². The molecular weight excluding hydrogens is 559 g/mol. The number of fused-ring (bicyclic) bond motifs is 2. The summed E-state index contributed by atoms with van der Waals surface area (Å²) in [5.41, 5.74) is 3.99. The van der Waals surface area contributed by atoms with Gasteiger partial charge in [-0.1, -0.05) is 92.0 Å². The van der Waals surface area contributed by atoms with Gasteiger partial charge in [-0.2, -0.15) is 0 Å². The van der Waals surface area contributed by atoms with Crippen LogP contribution in [0, 0.1) is 10.8 Å². The maximum absolute atomic E-state index is 12.0. The van der Waals surface area contributed by atoms with Crippen LogP contribution >= 0.6 is 34.8 Å². The van der Waals surface area contributed by atoms with Gasteiger partial charge in [-0.25, -0.2) is 0 Å². The summed E-state index contributed by atoms with van der Waals surface area (Å²) >= 11 is 17.1. The average molecular weight is 596 g/mol. The highest BCUT2D eigenvalue weighted by Crippen LogP contribution is 2.53. The van der Waals surface area contributed by atoms with Gasteiger partial charge >= 0.3 is 0 Å². The van der Waals surface area contributed by atoms with Crippen LogP contribution in [0.15, 0.2) is 48.5 Å². The van der Waals surface area contributed by atoms with Crippen LogP contribution in [0.3, 0.4) is 0 Å². The molecule has 2 saturated heterocycles. The molecule has 212 valence electrons. The number of carbonyl (C=O) groups is 1. The first-order chi connectivity index (χ1) is 18.3. The van der Waals surface area contributed by atoms with Gasteiger partial charge in [0.2, 0.25) is 0 Å². The zero-order valence-corrected chi connectivity index (χ0v) is 24.9. The summed E-state index contributed by atoms with van der Waals surface area (Å²) < 4.78 is 11.0. The van der Waals surface area contributed by atoms with Gasteiger partial charge in [0.05, 0.1) is 18.8 Å². The van der Waals surface area contributed by atoms with E-state index in [0.29, 0.717) is 22.6 Å². The summed E-state index contributed by atoms with van der Waals surface area (Å²) in [6.07, 6.45) is 3.72. The fraction of sp³-hybridized carbons (Fsp3) is 0.567. The predicted octanol–water partition coefficient (Wildman–Crippen LogP) is 6.93. The van der Waals surface area contributed by atoms with Crippen LogP contribution in [-0.4, -0.2) is 44.9 Å². The molecule has 5 atom stereocenters. The number of halogens is 3. The summed E-state index contributed by atoms with van der Waals surface area (Å²) in [4.78, 5) is 14.7. The van der Waals surface area contributed by atoms with Crippen LogP contribution in [0.1, 0.15) is 75.5 Å². The van der Waals surface area contributed by atoms with Crippen molar-refractivity contribution < 1.29 is 19.4 Å². The third-order valence-corrected chi connectivity index (χ3v) is 8.79. The largest absolute Gasteiger partial charge is 0.392 e. The molecule has 2 heterocycles. The average Bonchev–Trinajstić information content (AvgIpc) is 3.11. The lowest BCUT2D eigenvalue weighted by molar-refractivity contribution is -0.253. The van der Waals surface area contributed by atoms with Gasteiger partial charge in [-0.15, -0.1) is 0 Å². The van der Waals surface area contributed by atoms with Crippen molar-refractivity contribution in [3.63, 3.8) is 0 Å². The Balaban J connectivity index is 1.34. The topological polar surface area (TPSA) is 71.0 Å². The van der Waals surface area contributed by atoms with Gasteiger partial charge in [0.15, 0.2) is 6.29 Å². The van der Waals surface area contributed by atoms with Gasteiger partial charge in [0, 0.05) is 36.8 Å². The van der Waals surface area contributed by atoms with E-state index in [9.17, 15) is 9.90 Å². The van der Waals surface area contributed by atoms with Crippen molar-refractivity contribution in [1.82, 2.24) is 4.90 Å². The number of nitrogens with one attached hydrogen (secondary N) is 1. The van der Waals surface area contributed by atoms with E-state index in [1.807, 2.05) is 36.4 Å². The molecule has 5 rings (SSSR count). The molecular formula is C30H37Cl3N2O4. The Morgan fingerprint density at radius 1 is 1.03 bits per heavy atom. The Morgan fingerprint density at radius 3 is 2.33 bits per heavy atom. The molecule has 2 aliphatic heterocycles. The normalized spacial score (nSPS) is 30.7. The minimum Gasteiger partial charge on any atom is -0.392 e. The summed E-state index contributed by atoms with van der Waals surface area (Å²) in [6.45, 7) is 9.19. The number of rotatable bonds is 6. The predicted molar refractivity (Wildman–Crippen MR) is 155 cm³/mol. The number of aliphatic hydroxyl groups is 1. The lowest BCUT2D eigenvalue weighted by atomic mass is 9.65. The van der Waals surface area contributed by atoms with Gasteiger partial charge in [-0.05, 0) is 53.4 Å². The maximum Gasteiger partial charge on any atom is 0.276 e. The number of benzene rings is 2. The molecule has 2 N–H and O–H groups in total. The number of ether oxygens (including phenoxy) is 2. The van der Waals surface area contributed by atoms with Crippen LogP contribution in [-0.2, 0) is 20.9 Å². The van der Waals surface area contributed by atoms with Crippen LogP contribution in [0.4, 0.5) is 5.69 Å². The highest BCUT2D eigenvalue weighted by atomic mass is 35.6. The van der Waals surface area contributed by atoms with E-state index in [0.717, 1.165) is 36.2 Å². The van der Waals surface area contributed by atoms with Gasteiger partial charge < -0.3 is 19.9 Å². The molecule has 3 aliphatic rings. The number of carbonyl (C=O) groups excluding carboxylic acids is 1. The van der Waals surface area contributed by atoms with Gasteiger partial charge in [-0.3, -0.25) is 9.69 Å². The van der Waals surface area contributed by atoms with Gasteiger partial charge in [0.25, 0.3) is 9.70 Å². The SMILES string of the molecule is CC1(C)CC2CC(C)(CN2C[C@H]2C[C@@H](c3ccc(CO)cc3)O[C@@H](c3ccc(NC(=O)C(Cl)(Cl)Cl)cc3)O2)C1. The van der Waals surface area contributed by atoms with Crippen molar-refractivity contribution in [3.8, 4) is 0 Å². The van der Waals surface area contributed by atoms with Crippen molar-refractivity contribution >= 4 is 46.4 Å². The first-order valence-corrected chi connectivity index (χ1v) is 14.7. The molecule has 9 heteroatoms. The molecule has 2 bridgehead atoms. The Kier molecular flexibility index (Phi) is 8.31.